The smallest absolute Gasteiger partial charge is 0.321 e. The summed E-state index contributed by atoms with van der Waals surface area (Å²) in [6, 6.07) is 12.7. The number of aromatic nitrogens is 1. The maximum atomic E-state index is 12.3. The minimum atomic E-state index is -0.286. The van der Waals surface area contributed by atoms with Gasteiger partial charge in [0.1, 0.15) is 12.4 Å². The zero-order chi connectivity index (χ0) is 18.4. The number of carbonyl (C=O) groups excluding carboxylic acids is 2. The molecule has 3 amide bonds. The molecule has 3 N–H and O–H groups in total. The number of primary amides is 1. The molecule has 1 aromatic heterocycles. The van der Waals surface area contributed by atoms with Crippen molar-refractivity contribution in [1.29, 1.82) is 0 Å². The summed E-state index contributed by atoms with van der Waals surface area (Å²) in [5.41, 5.74) is 6.86. The Bertz CT molecular complexity index is 741. The molecule has 7 heteroatoms. The van der Waals surface area contributed by atoms with Crippen LogP contribution in [0.3, 0.4) is 0 Å². The Morgan fingerprint density at radius 2 is 1.88 bits per heavy atom. The van der Waals surface area contributed by atoms with E-state index < -0.39 is 0 Å². The Labute approximate surface area is 152 Å². The Balaban J connectivity index is 1.48. The number of likely N-dealkylation sites (tertiary alicyclic amines) is 1. The number of nitrogens with zero attached hydrogens (tertiary/aromatic N) is 2. The summed E-state index contributed by atoms with van der Waals surface area (Å²) in [5, 5.41) is 2.86. The number of amides is 3. The lowest BCUT2D eigenvalue weighted by Crippen LogP contribution is -2.43. The third kappa shape index (κ3) is 4.72. The summed E-state index contributed by atoms with van der Waals surface area (Å²) in [6.45, 7) is 1.46. The number of anilines is 1. The summed E-state index contributed by atoms with van der Waals surface area (Å²) in [5.74, 6) is 0.289. The van der Waals surface area contributed by atoms with Crippen LogP contribution in [0.1, 0.15) is 18.5 Å². The highest BCUT2D eigenvalue weighted by molar-refractivity contribution is 5.89. The second-order valence-electron chi connectivity index (χ2n) is 6.23. The highest BCUT2D eigenvalue weighted by Crippen LogP contribution is 2.20. The minimum absolute atomic E-state index is 0.130. The first-order valence-electron chi connectivity index (χ1n) is 8.60. The lowest BCUT2D eigenvalue weighted by molar-refractivity contribution is -0.122. The molecular formula is C19H22N4O3. The number of hydrogen-bond donors (Lipinski definition) is 2. The van der Waals surface area contributed by atoms with Crippen molar-refractivity contribution < 1.29 is 14.3 Å². The van der Waals surface area contributed by atoms with Gasteiger partial charge in [0.15, 0.2) is 0 Å². The molecule has 26 heavy (non-hydrogen) atoms. The first-order chi connectivity index (χ1) is 12.6. The van der Waals surface area contributed by atoms with E-state index in [-0.39, 0.29) is 17.9 Å². The molecule has 0 unspecified atom stereocenters. The molecule has 7 nitrogen and oxygen atoms in total. The second-order valence-corrected chi connectivity index (χ2v) is 6.23. The van der Waals surface area contributed by atoms with Crippen LogP contribution in [0.25, 0.3) is 0 Å². The summed E-state index contributed by atoms with van der Waals surface area (Å²) < 4.78 is 5.67. The van der Waals surface area contributed by atoms with Crippen LogP contribution < -0.4 is 15.8 Å². The molecule has 0 radical (unpaired) electrons. The molecule has 1 aliphatic heterocycles. The number of urea groups is 1. The predicted molar refractivity (Wildman–Crippen MR) is 97.5 cm³/mol. The van der Waals surface area contributed by atoms with E-state index in [0.717, 1.165) is 5.69 Å². The van der Waals surface area contributed by atoms with Crippen molar-refractivity contribution in [3.05, 3.63) is 54.4 Å². The van der Waals surface area contributed by atoms with Crippen LogP contribution in [0.15, 0.2) is 48.7 Å². The number of piperidine rings is 1. The summed E-state index contributed by atoms with van der Waals surface area (Å²) in [4.78, 5) is 29.4. The van der Waals surface area contributed by atoms with Crippen molar-refractivity contribution >= 4 is 17.6 Å². The molecular weight excluding hydrogens is 332 g/mol. The lowest BCUT2D eigenvalue weighted by atomic mass is 9.96. The molecule has 2 heterocycles. The van der Waals surface area contributed by atoms with Crippen molar-refractivity contribution in [3.8, 4) is 5.75 Å². The lowest BCUT2D eigenvalue weighted by Gasteiger charge is -2.30. The van der Waals surface area contributed by atoms with Gasteiger partial charge in [-0.25, -0.2) is 4.79 Å². The van der Waals surface area contributed by atoms with Crippen LogP contribution in [0.4, 0.5) is 10.5 Å². The number of nitrogens with one attached hydrogen (secondary N) is 1. The maximum absolute atomic E-state index is 12.3. The predicted octanol–water partition coefficient (Wildman–Crippen LogP) is 2.39. The van der Waals surface area contributed by atoms with Gasteiger partial charge in [-0.3, -0.25) is 9.78 Å². The number of benzene rings is 1. The number of nitrogens with two attached hydrogens (primary N) is 1. The average molecular weight is 354 g/mol. The first kappa shape index (κ1) is 17.7. The maximum Gasteiger partial charge on any atom is 0.321 e. The van der Waals surface area contributed by atoms with Crippen molar-refractivity contribution in [2.24, 2.45) is 11.7 Å². The monoisotopic (exact) mass is 354 g/mol. The largest absolute Gasteiger partial charge is 0.487 e. The molecule has 0 saturated carbocycles. The molecule has 1 aromatic carbocycles. The van der Waals surface area contributed by atoms with Crippen LogP contribution in [0.5, 0.6) is 5.75 Å². The number of pyridine rings is 1. The van der Waals surface area contributed by atoms with E-state index in [1.807, 2.05) is 18.2 Å². The fourth-order valence-electron chi connectivity index (χ4n) is 2.84. The fourth-order valence-corrected chi connectivity index (χ4v) is 2.84. The number of hydrogen-bond acceptors (Lipinski definition) is 4. The van der Waals surface area contributed by atoms with Gasteiger partial charge in [-0.2, -0.15) is 0 Å². The highest BCUT2D eigenvalue weighted by atomic mass is 16.5. The topological polar surface area (TPSA) is 97.6 Å². The van der Waals surface area contributed by atoms with Crippen LogP contribution in [0, 0.1) is 5.92 Å². The SMILES string of the molecule is NC(=O)C1CCN(C(=O)Nc2ccc(OCc3ccccn3)cc2)CC1. The zero-order valence-corrected chi connectivity index (χ0v) is 14.4. The number of carbonyl (C=O) groups is 2. The standard InChI is InChI=1S/C19H22N4O3/c20-18(24)14-8-11-23(12-9-14)19(25)22-15-4-6-17(7-5-15)26-13-16-3-1-2-10-21-16/h1-7,10,14H,8-9,11-13H2,(H2,20,24)(H,22,25). The van der Waals surface area contributed by atoms with Crippen molar-refractivity contribution in [3.63, 3.8) is 0 Å². The second kappa shape index (κ2) is 8.33. The third-order valence-corrected chi connectivity index (χ3v) is 4.40. The van der Waals surface area contributed by atoms with Gasteiger partial charge in [0.25, 0.3) is 0 Å². The van der Waals surface area contributed by atoms with E-state index in [1.165, 1.54) is 0 Å². The van der Waals surface area contributed by atoms with E-state index in [0.29, 0.717) is 44.0 Å². The number of ether oxygens (including phenoxy) is 1. The molecule has 0 bridgehead atoms. The fraction of sp³-hybridized carbons (Fsp3) is 0.316. The van der Waals surface area contributed by atoms with Crippen molar-refractivity contribution in [1.82, 2.24) is 9.88 Å². The van der Waals surface area contributed by atoms with Gasteiger partial charge in [-0.05, 0) is 49.2 Å². The van der Waals surface area contributed by atoms with Crippen LogP contribution in [-0.4, -0.2) is 34.9 Å². The summed E-state index contributed by atoms with van der Waals surface area (Å²) in [6.07, 6.45) is 2.95. The Hall–Kier alpha value is -3.09. The van der Waals surface area contributed by atoms with E-state index in [1.54, 1.807) is 35.4 Å². The van der Waals surface area contributed by atoms with Crippen LogP contribution in [0.2, 0.25) is 0 Å². The molecule has 1 fully saturated rings. The zero-order valence-electron chi connectivity index (χ0n) is 14.4. The molecule has 0 atom stereocenters. The molecule has 2 aromatic rings. The molecule has 1 saturated heterocycles. The van der Waals surface area contributed by atoms with E-state index in [4.69, 9.17) is 10.5 Å². The normalized spacial score (nSPS) is 14.7. The van der Waals surface area contributed by atoms with Gasteiger partial charge in [0.2, 0.25) is 5.91 Å². The highest BCUT2D eigenvalue weighted by Gasteiger charge is 2.25. The van der Waals surface area contributed by atoms with E-state index in [9.17, 15) is 9.59 Å². The summed E-state index contributed by atoms with van der Waals surface area (Å²) >= 11 is 0. The molecule has 0 aliphatic carbocycles. The van der Waals surface area contributed by atoms with E-state index >= 15 is 0 Å². The van der Waals surface area contributed by atoms with Gasteiger partial charge < -0.3 is 20.7 Å². The average Bonchev–Trinajstić information content (AvgIpc) is 2.68. The van der Waals surface area contributed by atoms with Gasteiger partial charge in [0, 0.05) is 30.9 Å². The van der Waals surface area contributed by atoms with Gasteiger partial charge >= 0.3 is 6.03 Å². The first-order valence-corrected chi connectivity index (χ1v) is 8.60. The van der Waals surface area contributed by atoms with Gasteiger partial charge in [-0.1, -0.05) is 6.07 Å². The van der Waals surface area contributed by atoms with Crippen LogP contribution >= 0.6 is 0 Å². The Morgan fingerprint density at radius 1 is 1.15 bits per heavy atom. The molecule has 136 valence electrons. The Kier molecular flexibility index (Phi) is 5.68. The quantitative estimate of drug-likeness (QED) is 0.861. The minimum Gasteiger partial charge on any atom is -0.487 e. The Morgan fingerprint density at radius 3 is 2.50 bits per heavy atom. The van der Waals surface area contributed by atoms with Gasteiger partial charge in [-0.15, -0.1) is 0 Å². The molecule has 3 rings (SSSR count). The van der Waals surface area contributed by atoms with Crippen LogP contribution in [-0.2, 0) is 11.4 Å². The third-order valence-electron chi connectivity index (χ3n) is 4.40. The van der Waals surface area contributed by atoms with Gasteiger partial charge in [0.05, 0.1) is 5.69 Å². The number of rotatable bonds is 5. The summed E-state index contributed by atoms with van der Waals surface area (Å²) in [7, 11) is 0. The molecule has 0 spiro atoms. The molecule has 1 aliphatic rings. The van der Waals surface area contributed by atoms with E-state index in [2.05, 4.69) is 10.3 Å². The van der Waals surface area contributed by atoms with Crippen molar-refractivity contribution in [2.45, 2.75) is 19.4 Å². The van der Waals surface area contributed by atoms with Crippen molar-refractivity contribution in [2.75, 3.05) is 18.4 Å².